The molecule has 3 rings (SSSR count). The van der Waals surface area contributed by atoms with Crippen molar-refractivity contribution in [3.63, 3.8) is 0 Å². The van der Waals surface area contributed by atoms with E-state index in [0.717, 1.165) is 5.52 Å². The first-order chi connectivity index (χ1) is 7.17. The molecule has 5 nitrogen and oxygen atoms in total. The zero-order valence-corrected chi connectivity index (χ0v) is 9.76. The number of benzene rings is 1. The number of para-hydroxylation sites is 1. The van der Waals surface area contributed by atoms with Gasteiger partial charge in [-0.2, -0.15) is 0 Å². The van der Waals surface area contributed by atoms with Crippen LogP contribution in [0.2, 0.25) is 0 Å². The molecule has 7 heteroatoms. The number of fused-ring (bicyclic) bond motifs is 1. The summed E-state index contributed by atoms with van der Waals surface area (Å²) >= 11 is 0. The molecule has 0 amide bonds. The van der Waals surface area contributed by atoms with Gasteiger partial charge in [-0.15, -0.1) is 9.78 Å². The molecule has 0 radical (unpaired) electrons. The third kappa shape index (κ3) is 6.24. The fraction of sp³-hybridized carbons (Fsp3) is 0.100. The van der Waals surface area contributed by atoms with Crippen molar-refractivity contribution >= 4 is 48.6 Å². The van der Waals surface area contributed by atoms with Gasteiger partial charge in [0.05, 0.1) is 5.52 Å². The predicted octanol–water partition coefficient (Wildman–Crippen LogP) is -0.140. The van der Waals surface area contributed by atoms with E-state index in [1.807, 2.05) is 30.5 Å². The summed E-state index contributed by atoms with van der Waals surface area (Å²) < 4.78 is 0. The molecular weight excluding hydrogens is 286 g/mol. The van der Waals surface area contributed by atoms with Crippen molar-refractivity contribution in [2.75, 3.05) is 0 Å². The van der Waals surface area contributed by atoms with Crippen LogP contribution in [-0.4, -0.2) is 59.1 Å². The maximum absolute atomic E-state index is 7.74. The average molecular weight is 297 g/mol. The minimum Gasteiger partial charge on any atom is -0.256 e. The van der Waals surface area contributed by atoms with Gasteiger partial charge in [-0.05, 0) is 12.1 Å². The molecule has 0 aliphatic carbocycles. The molecule has 1 aliphatic heterocycles. The number of hydrogen-bond donors (Lipinski definition) is 2. The van der Waals surface area contributed by atoms with E-state index in [1.54, 1.807) is 0 Å². The van der Waals surface area contributed by atoms with Crippen LogP contribution in [0.5, 0.6) is 0 Å². The van der Waals surface area contributed by atoms with Crippen molar-refractivity contribution in [3.8, 4) is 0 Å². The molecular formula is C10H11CaNO4Ti. The van der Waals surface area contributed by atoms with Gasteiger partial charge >= 0.3 is 43.9 Å². The first-order valence-corrected chi connectivity index (χ1v) is 4.29. The Bertz CT molecular complexity index is 397. The number of rotatable bonds is 0. The Hall–Kier alpha value is 0.444. The third-order valence-electron chi connectivity index (χ3n) is 1.74. The molecule has 1 aromatic carbocycles. The second-order valence-corrected chi connectivity index (χ2v) is 2.91. The number of aliphatic hydroxyl groups is 2. The van der Waals surface area contributed by atoms with Gasteiger partial charge in [0.15, 0.2) is 0 Å². The minimum absolute atomic E-state index is 0. The normalized spacial score (nSPS) is 14.7. The van der Waals surface area contributed by atoms with Crippen LogP contribution in [0.3, 0.4) is 0 Å². The molecule has 1 aliphatic rings. The fourth-order valence-corrected chi connectivity index (χ4v) is 1.05. The summed E-state index contributed by atoms with van der Waals surface area (Å²) in [5.41, 5.74) is 1.06. The van der Waals surface area contributed by atoms with Crippen LogP contribution in [0.15, 0.2) is 42.6 Å². The molecule has 0 spiro atoms. The number of aromatic nitrogens is 1. The van der Waals surface area contributed by atoms with E-state index in [4.69, 9.17) is 10.2 Å². The van der Waals surface area contributed by atoms with Crippen LogP contribution in [-0.2, 0) is 31.5 Å². The van der Waals surface area contributed by atoms with Gasteiger partial charge in [0.2, 0.25) is 0 Å². The van der Waals surface area contributed by atoms with E-state index in [-0.39, 0.29) is 59.5 Å². The van der Waals surface area contributed by atoms with Crippen molar-refractivity contribution in [3.05, 3.63) is 42.6 Å². The zero-order valence-electron chi connectivity index (χ0n) is 8.20. The van der Waals surface area contributed by atoms with Crippen LogP contribution in [0.25, 0.3) is 10.9 Å². The number of pyridine rings is 1. The molecule has 1 saturated heterocycles. The van der Waals surface area contributed by atoms with Gasteiger partial charge in [0.1, 0.15) is 0 Å². The van der Waals surface area contributed by atoms with Crippen LogP contribution in [0.1, 0.15) is 0 Å². The molecule has 0 saturated carbocycles. The van der Waals surface area contributed by atoms with E-state index >= 15 is 0 Å². The van der Waals surface area contributed by atoms with Gasteiger partial charge in [-0.1, -0.05) is 24.3 Å². The standard InChI is InChI=1S/C9H7N.CH2O4.Ca.Ti.2H/c1-2-6-9-8(4-1)5-3-7-10-9;2-1(3)4-5-1;;;;/h1-7H;2-3H;;;;. The van der Waals surface area contributed by atoms with E-state index < -0.39 is 6.16 Å². The maximum Gasteiger partial charge on any atom is 0.0701 e. The van der Waals surface area contributed by atoms with Crippen LogP contribution < -0.4 is 0 Å². The molecule has 86 valence electrons. The Labute approximate surface area is 143 Å². The van der Waals surface area contributed by atoms with Gasteiger partial charge in [-0.25, -0.2) is 0 Å². The molecule has 0 unspecified atom stereocenters. The molecule has 1 fully saturated rings. The van der Waals surface area contributed by atoms with Gasteiger partial charge in [-0.3, -0.25) is 4.98 Å². The van der Waals surface area contributed by atoms with Crippen molar-refractivity contribution in [2.24, 2.45) is 0 Å². The van der Waals surface area contributed by atoms with Gasteiger partial charge in [0, 0.05) is 33.3 Å². The van der Waals surface area contributed by atoms with Crippen molar-refractivity contribution in [1.29, 1.82) is 0 Å². The Kier molecular flexibility index (Phi) is 7.99. The van der Waals surface area contributed by atoms with Crippen molar-refractivity contribution < 1.29 is 41.7 Å². The summed E-state index contributed by atoms with van der Waals surface area (Å²) in [5.74, 6) is 0. The summed E-state index contributed by atoms with van der Waals surface area (Å²) in [5, 5.41) is 16.7. The first kappa shape index (κ1) is 17.4. The summed E-state index contributed by atoms with van der Waals surface area (Å²) in [6, 6.07) is 12.1. The Balaban J connectivity index is 0.000000318. The second-order valence-electron chi connectivity index (χ2n) is 2.91. The molecule has 17 heavy (non-hydrogen) atoms. The van der Waals surface area contributed by atoms with Gasteiger partial charge in [0.25, 0.3) is 0 Å². The average Bonchev–Trinajstić information content (AvgIpc) is 2.95. The summed E-state index contributed by atoms with van der Waals surface area (Å²) in [7, 11) is 0. The van der Waals surface area contributed by atoms with Gasteiger partial charge < -0.3 is 10.2 Å². The van der Waals surface area contributed by atoms with Crippen LogP contribution in [0, 0.1) is 0 Å². The molecule has 0 atom stereocenters. The summed E-state index contributed by atoms with van der Waals surface area (Å²) in [6.07, 6.45) is -0.442. The Morgan fingerprint density at radius 1 is 1.00 bits per heavy atom. The third-order valence-corrected chi connectivity index (χ3v) is 1.74. The second kappa shape index (κ2) is 7.79. The smallest absolute Gasteiger partial charge is 0.0701 e. The topological polar surface area (TPSA) is 78.4 Å². The van der Waals surface area contributed by atoms with Crippen LogP contribution in [0.4, 0.5) is 0 Å². The molecule has 2 N–H and O–H groups in total. The molecule has 1 aromatic heterocycles. The molecule has 2 heterocycles. The zero-order chi connectivity index (χ0) is 10.7. The first-order valence-electron chi connectivity index (χ1n) is 4.29. The molecule has 2 aromatic rings. The Morgan fingerprint density at radius 2 is 1.53 bits per heavy atom. The minimum atomic E-state index is -2.25. The summed E-state index contributed by atoms with van der Waals surface area (Å²) in [4.78, 5) is 11.2. The maximum atomic E-state index is 7.74. The van der Waals surface area contributed by atoms with Crippen LogP contribution >= 0.6 is 0 Å². The fourth-order valence-electron chi connectivity index (χ4n) is 1.05. The quantitative estimate of drug-likeness (QED) is 0.306. The van der Waals surface area contributed by atoms with E-state index in [0.29, 0.717) is 0 Å². The number of nitrogens with zero attached hydrogens (tertiary/aromatic N) is 1. The molecule has 0 bridgehead atoms. The summed E-state index contributed by atoms with van der Waals surface area (Å²) in [6.45, 7) is 0. The van der Waals surface area contributed by atoms with Crippen molar-refractivity contribution in [2.45, 2.75) is 6.16 Å². The van der Waals surface area contributed by atoms with E-state index in [2.05, 4.69) is 26.9 Å². The van der Waals surface area contributed by atoms with E-state index in [1.165, 1.54) is 5.39 Å². The SMILES string of the molecule is OC1(O)OO1.[CaH2].[Ti].c1ccc2ncccc2c1. The Morgan fingerprint density at radius 3 is 2.06 bits per heavy atom. The van der Waals surface area contributed by atoms with E-state index in [9.17, 15) is 0 Å². The number of hydrogen-bond acceptors (Lipinski definition) is 5. The predicted molar refractivity (Wildman–Crippen MR) is 59.6 cm³/mol. The largest absolute Gasteiger partial charge is 0.256 e. The monoisotopic (exact) mass is 297 g/mol. The van der Waals surface area contributed by atoms with Crippen molar-refractivity contribution in [1.82, 2.24) is 4.98 Å².